The molecule has 0 amide bonds. The topological polar surface area (TPSA) is 76.8 Å². The van der Waals surface area contributed by atoms with Crippen molar-refractivity contribution in [3.63, 3.8) is 0 Å². The third-order valence-electron chi connectivity index (χ3n) is 6.78. The first-order chi connectivity index (χ1) is 18.4. The highest BCUT2D eigenvalue weighted by Crippen LogP contribution is 2.37. The van der Waals surface area contributed by atoms with Crippen molar-refractivity contribution in [1.82, 2.24) is 24.5 Å². The molecule has 0 saturated carbocycles. The summed E-state index contributed by atoms with van der Waals surface area (Å²) in [5.74, 6) is -0.343. The van der Waals surface area contributed by atoms with Gasteiger partial charge in [0.2, 0.25) is 0 Å². The Hall–Kier alpha value is -4.03. The van der Waals surface area contributed by atoms with Crippen molar-refractivity contribution in [2.24, 2.45) is 0 Å². The Kier molecular flexibility index (Phi) is 6.77. The molecule has 0 bridgehead atoms. The minimum Gasteiger partial charge on any atom is -0.370 e. The zero-order chi connectivity index (χ0) is 27.9. The molecule has 0 radical (unpaired) electrons. The number of hydrogen-bond acceptors (Lipinski definition) is 6. The van der Waals surface area contributed by atoms with Gasteiger partial charge in [0, 0.05) is 37.2 Å². The van der Waals surface area contributed by atoms with Gasteiger partial charge in [-0.2, -0.15) is 26.3 Å². The fourth-order valence-electron chi connectivity index (χ4n) is 4.95. The van der Waals surface area contributed by atoms with Gasteiger partial charge in [0.05, 0.1) is 29.2 Å². The zero-order valence-corrected chi connectivity index (χ0v) is 20.6. The smallest absolute Gasteiger partial charge is 0.370 e. The molecular weight excluding hydrogens is 526 g/mol. The Labute approximate surface area is 218 Å². The molecule has 4 aromatic rings. The number of aromatic nitrogens is 5. The summed E-state index contributed by atoms with van der Waals surface area (Å²) in [4.78, 5) is 31.4. The fraction of sp³-hybridized carbons (Fsp3) is 0.346. The first kappa shape index (κ1) is 26.6. The second-order valence-corrected chi connectivity index (χ2v) is 9.34. The third-order valence-corrected chi connectivity index (χ3v) is 6.78. The molecule has 204 valence electrons. The maximum Gasteiger partial charge on any atom is 0.435 e. The van der Waals surface area contributed by atoms with E-state index in [2.05, 4.69) is 19.9 Å². The molecule has 5 heterocycles. The fourth-order valence-corrected chi connectivity index (χ4v) is 4.95. The van der Waals surface area contributed by atoms with Crippen LogP contribution in [0.4, 0.5) is 32.0 Å². The van der Waals surface area contributed by atoms with Gasteiger partial charge in [0.25, 0.3) is 5.56 Å². The van der Waals surface area contributed by atoms with Crippen LogP contribution in [0.3, 0.4) is 0 Å². The number of hydrogen-bond donors (Lipinski definition) is 0. The van der Waals surface area contributed by atoms with E-state index < -0.39 is 35.7 Å². The number of rotatable bonds is 4. The second-order valence-electron chi connectivity index (χ2n) is 9.34. The van der Waals surface area contributed by atoms with E-state index in [9.17, 15) is 31.1 Å². The van der Waals surface area contributed by atoms with Crippen molar-refractivity contribution in [2.45, 2.75) is 44.6 Å². The number of aryl methyl sites for hydroxylation is 1. The number of alkyl halides is 6. The van der Waals surface area contributed by atoms with Crippen LogP contribution < -0.4 is 10.5 Å². The molecule has 0 atom stereocenters. The van der Waals surface area contributed by atoms with Crippen LogP contribution in [0.1, 0.15) is 47.0 Å². The molecular formula is C26H22F6N6O. The maximum absolute atomic E-state index is 13.7. The van der Waals surface area contributed by atoms with E-state index >= 15 is 0 Å². The summed E-state index contributed by atoms with van der Waals surface area (Å²) >= 11 is 0. The summed E-state index contributed by atoms with van der Waals surface area (Å²) in [6.45, 7) is 1.64. The van der Waals surface area contributed by atoms with Crippen LogP contribution in [-0.4, -0.2) is 37.6 Å². The molecule has 0 N–H and O–H groups in total. The monoisotopic (exact) mass is 548 g/mol. The molecule has 13 heteroatoms. The van der Waals surface area contributed by atoms with Crippen molar-refractivity contribution in [3.8, 4) is 0 Å². The molecule has 1 saturated heterocycles. The van der Waals surface area contributed by atoms with Crippen molar-refractivity contribution in [1.29, 1.82) is 0 Å². The summed E-state index contributed by atoms with van der Waals surface area (Å²) in [7, 11) is 0. The highest BCUT2D eigenvalue weighted by atomic mass is 19.4. The first-order valence-corrected chi connectivity index (χ1v) is 12.1. The highest BCUT2D eigenvalue weighted by Gasteiger charge is 2.38. The summed E-state index contributed by atoms with van der Waals surface area (Å²) in [6.07, 6.45) is -4.78. The van der Waals surface area contributed by atoms with E-state index in [1.807, 2.05) is 0 Å². The number of piperidine rings is 1. The quantitative estimate of drug-likeness (QED) is 0.320. The van der Waals surface area contributed by atoms with E-state index in [1.54, 1.807) is 17.9 Å². The van der Waals surface area contributed by atoms with Crippen molar-refractivity contribution >= 4 is 16.9 Å². The van der Waals surface area contributed by atoms with E-state index in [0.29, 0.717) is 29.6 Å². The average molecular weight is 548 g/mol. The Morgan fingerprint density at radius 2 is 1.64 bits per heavy atom. The molecule has 1 aliphatic heterocycles. The number of pyridine rings is 3. The zero-order valence-electron chi connectivity index (χ0n) is 20.6. The average Bonchev–Trinajstić information content (AvgIpc) is 2.90. The van der Waals surface area contributed by atoms with E-state index in [4.69, 9.17) is 0 Å². The molecule has 1 aliphatic rings. The Bertz CT molecular complexity index is 1570. The van der Waals surface area contributed by atoms with Crippen LogP contribution >= 0.6 is 0 Å². The lowest BCUT2D eigenvalue weighted by molar-refractivity contribution is -0.141. The predicted molar refractivity (Wildman–Crippen MR) is 130 cm³/mol. The predicted octanol–water partition coefficient (Wildman–Crippen LogP) is 5.36. The van der Waals surface area contributed by atoms with Gasteiger partial charge in [-0.15, -0.1) is 0 Å². The molecule has 0 unspecified atom stereocenters. The standard InChI is InChI=1S/C26H22F6N6O/c1-15-13-35-19-12-17(16-6-10-37(11-7-16)21-5-3-9-34-22(21)26(30,31)32)24(39)38(23(19)36-15)14-20-18(25(27,28)29)4-2-8-33-20/h2-5,8-9,12-13,16H,6-7,10-11,14H2,1H3. The largest absolute Gasteiger partial charge is 0.435 e. The highest BCUT2D eigenvalue weighted by molar-refractivity contribution is 5.71. The van der Waals surface area contributed by atoms with E-state index in [-0.39, 0.29) is 36.0 Å². The van der Waals surface area contributed by atoms with Crippen LogP contribution in [0, 0.1) is 6.92 Å². The number of anilines is 1. The maximum atomic E-state index is 13.7. The van der Waals surface area contributed by atoms with Crippen molar-refractivity contribution < 1.29 is 26.3 Å². The van der Waals surface area contributed by atoms with Crippen LogP contribution in [-0.2, 0) is 18.9 Å². The molecule has 4 aromatic heterocycles. The van der Waals surface area contributed by atoms with Crippen LogP contribution in [0.25, 0.3) is 11.2 Å². The summed E-state index contributed by atoms with van der Waals surface area (Å²) in [5, 5.41) is 0. The molecule has 39 heavy (non-hydrogen) atoms. The van der Waals surface area contributed by atoms with E-state index in [0.717, 1.165) is 16.8 Å². The van der Waals surface area contributed by atoms with Gasteiger partial charge in [0.1, 0.15) is 5.52 Å². The van der Waals surface area contributed by atoms with Gasteiger partial charge in [-0.25, -0.2) is 9.97 Å². The SMILES string of the molecule is Cc1cnc2cc(C3CCN(c4cccnc4C(F)(F)F)CC3)c(=O)n(Cc3ncccc3C(F)(F)F)c2n1. The minimum absolute atomic E-state index is 0.0319. The van der Waals surface area contributed by atoms with Crippen molar-refractivity contribution in [3.05, 3.63) is 87.5 Å². The lowest BCUT2D eigenvalue weighted by Crippen LogP contribution is -2.37. The normalized spacial score (nSPS) is 15.2. The van der Waals surface area contributed by atoms with Crippen LogP contribution in [0.2, 0.25) is 0 Å². The van der Waals surface area contributed by atoms with Gasteiger partial charge in [-0.05, 0) is 56.0 Å². The molecule has 0 aliphatic carbocycles. The second kappa shape index (κ2) is 9.93. The number of fused-ring (bicyclic) bond motifs is 1. The molecule has 1 fully saturated rings. The van der Waals surface area contributed by atoms with Crippen LogP contribution in [0.5, 0.6) is 0 Å². The Morgan fingerprint density at radius 3 is 2.33 bits per heavy atom. The molecule has 0 spiro atoms. The van der Waals surface area contributed by atoms with E-state index in [1.165, 1.54) is 30.6 Å². The lowest BCUT2D eigenvalue weighted by atomic mass is 9.89. The van der Waals surface area contributed by atoms with Crippen molar-refractivity contribution in [2.75, 3.05) is 18.0 Å². The Morgan fingerprint density at radius 1 is 0.949 bits per heavy atom. The third kappa shape index (κ3) is 5.30. The Balaban J connectivity index is 1.51. The summed E-state index contributed by atoms with van der Waals surface area (Å²) < 4.78 is 82.5. The molecule has 7 nitrogen and oxygen atoms in total. The number of nitrogens with zero attached hydrogens (tertiary/aromatic N) is 6. The van der Waals surface area contributed by atoms with Gasteiger partial charge >= 0.3 is 12.4 Å². The number of halogens is 6. The van der Waals surface area contributed by atoms with Crippen LogP contribution in [0.15, 0.2) is 53.7 Å². The molecule has 0 aromatic carbocycles. The van der Waals surface area contributed by atoms with Gasteiger partial charge in [-0.3, -0.25) is 19.3 Å². The minimum atomic E-state index is -4.67. The summed E-state index contributed by atoms with van der Waals surface area (Å²) in [5.41, 5.74) is -1.57. The summed E-state index contributed by atoms with van der Waals surface area (Å²) in [6, 6.07) is 6.46. The van der Waals surface area contributed by atoms with Gasteiger partial charge in [-0.1, -0.05) is 0 Å². The van der Waals surface area contributed by atoms with Gasteiger partial charge < -0.3 is 4.90 Å². The van der Waals surface area contributed by atoms with Gasteiger partial charge in [0.15, 0.2) is 11.3 Å². The lowest BCUT2D eigenvalue weighted by Gasteiger charge is -2.34. The first-order valence-electron chi connectivity index (χ1n) is 12.1. The molecule has 5 rings (SSSR count).